The van der Waals surface area contributed by atoms with E-state index in [-0.39, 0.29) is 17.7 Å². The second kappa shape index (κ2) is 6.64. The van der Waals surface area contributed by atoms with E-state index in [2.05, 4.69) is 15.3 Å². The number of anilines is 1. The summed E-state index contributed by atoms with van der Waals surface area (Å²) in [5, 5.41) is 2.97. The van der Waals surface area contributed by atoms with Crippen LogP contribution in [0.3, 0.4) is 0 Å². The van der Waals surface area contributed by atoms with Gasteiger partial charge in [0.05, 0.1) is 0 Å². The largest absolute Gasteiger partial charge is 0.345 e. The van der Waals surface area contributed by atoms with E-state index >= 15 is 0 Å². The minimum Gasteiger partial charge on any atom is -0.345 e. The van der Waals surface area contributed by atoms with Gasteiger partial charge in [-0.2, -0.15) is 0 Å². The van der Waals surface area contributed by atoms with Gasteiger partial charge in [0.25, 0.3) is 0 Å². The summed E-state index contributed by atoms with van der Waals surface area (Å²) in [6.07, 6.45) is 4.89. The summed E-state index contributed by atoms with van der Waals surface area (Å²) in [5.74, 6) is 0.827. The van der Waals surface area contributed by atoms with E-state index in [4.69, 9.17) is 0 Å². The lowest BCUT2D eigenvalue weighted by Gasteiger charge is -2.30. The number of hydrogen-bond acceptors (Lipinski definition) is 3. The van der Waals surface area contributed by atoms with Gasteiger partial charge in [0, 0.05) is 49.6 Å². The molecule has 0 saturated carbocycles. The summed E-state index contributed by atoms with van der Waals surface area (Å²) in [6, 6.07) is 7.61. The van der Waals surface area contributed by atoms with Crippen molar-refractivity contribution in [2.75, 3.05) is 18.4 Å². The molecule has 2 amide bonds. The number of hydrogen-bond donors (Lipinski definition) is 2. The topological polar surface area (TPSA) is 78.1 Å². The number of benzene rings is 1. The first kappa shape index (κ1) is 15.3. The maximum absolute atomic E-state index is 12.4. The van der Waals surface area contributed by atoms with Crippen molar-refractivity contribution in [1.29, 1.82) is 0 Å². The molecule has 0 aliphatic carbocycles. The van der Waals surface area contributed by atoms with Gasteiger partial charge in [-0.15, -0.1) is 0 Å². The smallest absolute Gasteiger partial charge is 0.227 e. The van der Waals surface area contributed by atoms with Crippen LogP contribution < -0.4 is 5.32 Å². The number of carbonyl (C=O) groups is 2. The maximum atomic E-state index is 12.4. The van der Waals surface area contributed by atoms with E-state index in [9.17, 15) is 9.59 Å². The molecule has 23 heavy (non-hydrogen) atoms. The van der Waals surface area contributed by atoms with Crippen molar-refractivity contribution in [2.45, 2.75) is 19.8 Å². The summed E-state index contributed by atoms with van der Waals surface area (Å²) in [4.78, 5) is 32.8. The second-order valence-corrected chi connectivity index (χ2v) is 5.79. The van der Waals surface area contributed by atoms with Crippen LogP contribution in [0.15, 0.2) is 36.7 Å². The molecule has 6 nitrogen and oxygen atoms in total. The second-order valence-electron chi connectivity index (χ2n) is 5.79. The molecule has 2 heterocycles. The molecule has 0 radical (unpaired) electrons. The van der Waals surface area contributed by atoms with Gasteiger partial charge in [-0.3, -0.25) is 9.59 Å². The first-order valence-electron chi connectivity index (χ1n) is 7.79. The Kier molecular flexibility index (Phi) is 4.41. The fourth-order valence-corrected chi connectivity index (χ4v) is 2.87. The third-order valence-corrected chi connectivity index (χ3v) is 4.21. The lowest BCUT2D eigenvalue weighted by molar-refractivity contribution is -0.132. The van der Waals surface area contributed by atoms with Gasteiger partial charge in [-0.1, -0.05) is 12.1 Å². The maximum Gasteiger partial charge on any atom is 0.227 e. The monoisotopic (exact) mass is 312 g/mol. The van der Waals surface area contributed by atoms with Gasteiger partial charge in [0.2, 0.25) is 11.8 Å². The van der Waals surface area contributed by atoms with Gasteiger partial charge in [-0.25, -0.2) is 4.98 Å². The van der Waals surface area contributed by atoms with Gasteiger partial charge in [0.1, 0.15) is 5.82 Å². The highest BCUT2D eigenvalue weighted by Crippen LogP contribution is 2.22. The molecule has 2 aromatic rings. The molecule has 1 saturated heterocycles. The molecule has 1 aromatic carbocycles. The standard InChI is InChI=1S/C17H20N4O2/c1-12(22)21-9-5-13(6-10-21)17(23)20-15-4-2-3-14(11-15)16-18-7-8-19-16/h2-4,7-8,11,13H,5-6,9-10H2,1H3,(H,18,19)(H,20,23). The Morgan fingerprint density at radius 1 is 1.30 bits per heavy atom. The summed E-state index contributed by atoms with van der Waals surface area (Å²) in [6.45, 7) is 2.88. The number of rotatable bonds is 3. The normalized spacial score (nSPS) is 15.4. The van der Waals surface area contributed by atoms with Crippen molar-refractivity contribution in [3.63, 3.8) is 0 Å². The number of imidazole rings is 1. The van der Waals surface area contributed by atoms with Crippen molar-refractivity contribution in [1.82, 2.24) is 14.9 Å². The van der Waals surface area contributed by atoms with Crippen molar-refractivity contribution >= 4 is 17.5 Å². The quantitative estimate of drug-likeness (QED) is 0.912. The minimum absolute atomic E-state index is 0.0183. The van der Waals surface area contributed by atoms with E-state index in [1.165, 1.54) is 0 Å². The molecule has 6 heteroatoms. The average Bonchev–Trinajstić information content (AvgIpc) is 3.10. The van der Waals surface area contributed by atoms with E-state index in [0.717, 1.165) is 17.1 Å². The number of likely N-dealkylation sites (tertiary alicyclic amines) is 1. The summed E-state index contributed by atoms with van der Waals surface area (Å²) in [7, 11) is 0. The van der Waals surface area contributed by atoms with Crippen LogP contribution in [0.25, 0.3) is 11.4 Å². The molecule has 0 atom stereocenters. The molecule has 1 fully saturated rings. The highest BCUT2D eigenvalue weighted by molar-refractivity contribution is 5.93. The Morgan fingerprint density at radius 2 is 2.09 bits per heavy atom. The lowest BCUT2D eigenvalue weighted by Crippen LogP contribution is -2.40. The zero-order valence-electron chi connectivity index (χ0n) is 13.1. The Morgan fingerprint density at radius 3 is 2.74 bits per heavy atom. The SMILES string of the molecule is CC(=O)N1CCC(C(=O)Nc2cccc(-c3ncc[nH]3)c2)CC1. The highest BCUT2D eigenvalue weighted by atomic mass is 16.2. The number of H-pyrrole nitrogens is 1. The van der Waals surface area contributed by atoms with Crippen LogP contribution in [0.4, 0.5) is 5.69 Å². The molecule has 0 unspecified atom stereocenters. The van der Waals surface area contributed by atoms with E-state index < -0.39 is 0 Å². The zero-order valence-corrected chi connectivity index (χ0v) is 13.1. The number of aromatic amines is 1. The van der Waals surface area contributed by atoms with Crippen molar-refractivity contribution in [3.8, 4) is 11.4 Å². The van der Waals surface area contributed by atoms with Crippen molar-refractivity contribution in [3.05, 3.63) is 36.7 Å². The Hall–Kier alpha value is -2.63. The number of nitrogens with one attached hydrogen (secondary N) is 2. The molecule has 3 rings (SSSR count). The summed E-state index contributed by atoms with van der Waals surface area (Å²) in [5.41, 5.74) is 1.69. The Balaban J connectivity index is 1.62. The van der Waals surface area contributed by atoms with Crippen LogP contribution in [0, 0.1) is 5.92 Å². The van der Waals surface area contributed by atoms with Gasteiger partial charge in [-0.05, 0) is 25.0 Å². The number of carbonyl (C=O) groups excluding carboxylic acids is 2. The first-order valence-corrected chi connectivity index (χ1v) is 7.79. The van der Waals surface area contributed by atoms with Crippen LogP contribution >= 0.6 is 0 Å². The Bertz CT molecular complexity index is 688. The third kappa shape index (κ3) is 3.59. The lowest BCUT2D eigenvalue weighted by atomic mass is 9.95. The third-order valence-electron chi connectivity index (χ3n) is 4.21. The fourth-order valence-electron chi connectivity index (χ4n) is 2.87. The molecule has 0 spiro atoms. The zero-order chi connectivity index (χ0) is 16.2. The number of nitrogens with zero attached hydrogens (tertiary/aromatic N) is 2. The van der Waals surface area contributed by atoms with Crippen LogP contribution in [0.1, 0.15) is 19.8 Å². The first-order chi connectivity index (χ1) is 11.1. The van der Waals surface area contributed by atoms with E-state index in [0.29, 0.717) is 25.9 Å². The predicted molar refractivity (Wildman–Crippen MR) is 87.6 cm³/mol. The van der Waals surface area contributed by atoms with Gasteiger partial charge >= 0.3 is 0 Å². The molecule has 2 N–H and O–H groups in total. The van der Waals surface area contributed by atoms with Gasteiger partial charge in [0.15, 0.2) is 0 Å². The fraction of sp³-hybridized carbons (Fsp3) is 0.353. The van der Waals surface area contributed by atoms with Crippen LogP contribution in [-0.4, -0.2) is 39.8 Å². The number of amides is 2. The molecule has 1 aliphatic rings. The van der Waals surface area contributed by atoms with Crippen LogP contribution in [-0.2, 0) is 9.59 Å². The number of piperidine rings is 1. The molecule has 120 valence electrons. The highest BCUT2D eigenvalue weighted by Gasteiger charge is 2.26. The molecule has 1 aromatic heterocycles. The number of aromatic nitrogens is 2. The van der Waals surface area contributed by atoms with Crippen molar-refractivity contribution in [2.24, 2.45) is 5.92 Å². The molecular weight excluding hydrogens is 292 g/mol. The summed E-state index contributed by atoms with van der Waals surface area (Å²) >= 11 is 0. The van der Waals surface area contributed by atoms with Crippen LogP contribution in [0.5, 0.6) is 0 Å². The van der Waals surface area contributed by atoms with E-state index in [1.807, 2.05) is 24.3 Å². The van der Waals surface area contributed by atoms with Crippen molar-refractivity contribution < 1.29 is 9.59 Å². The predicted octanol–water partition coefficient (Wildman–Crippen LogP) is 2.27. The van der Waals surface area contributed by atoms with Gasteiger partial charge < -0.3 is 15.2 Å². The molecule has 1 aliphatic heterocycles. The summed E-state index contributed by atoms with van der Waals surface area (Å²) < 4.78 is 0. The van der Waals surface area contributed by atoms with E-state index in [1.54, 1.807) is 24.2 Å². The van der Waals surface area contributed by atoms with Crippen LogP contribution in [0.2, 0.25) is 0 Å². The minimum atomic E-state index is -0.0436. The molecular formula is C17H20N4O2. The Labute approximate surface area is 134 Å². The average molecular weight is 312 g/mol. The molecule has 0 bridgehead atoms.